The number of thiazole rings is 1. The zero-order valence-electron chi connectivity index (χ0n) is 16.3. The van der Waals surface area contributed by atoms with Gasteiger partial charge in [-0.25, -0.2) is 19.1 Å². The van der Waals surface area contributed by atoms with Crippen molar-refractivity contribution in [3.05, 3.63) is 39.5 Å². The Morgan fingerprint density at radius 1 is 1.38 bits per heavy atom. The Hall–Kier alpha value is -1.85. The number of nitrogens with zero attached hydrogens (tertiary/aromatic N) is 2. The average Bonchev–Trinajstić information content (AvgIpc) is 3.33. The van der Waals surface area contributed by atoms with Crippen molar-refractivity contribution in [1.82, 2.24) is 4.98 Å². The van der Waals surface area contributed by atoms with Crippen LogP contribution in [0.4, 0.5) is 10.5 Å². The molecule has 2 aromatic rings. The lowest BCUT2D eigenvalue weighted by Crippen LogP contribution is -2.18. The number of aliphatic hydroxyl groups excluding tert-OH is 1. The first-order valence-corrected chi connectivity index (χ1v) is 11.9. The number of carbonyl (C=O) groups excluding carboxylic acids is 1. The number of aromatic nitrogens is 1. The average molecular weight is 437 g/mol. The summed E-state index contributed by atoms with van der Waals surface area (Å²) >= 11 is 0.967. The highest BCUT2D eigenvalue weighted by Gasteiger charge is 2.29. The maximum absolute atomic E-state index is 12.8. The molecule has 8 nitrogen and oxygen atoms in total. The molecule has 0 fully saturated rings. The summed E-state index contributed by atoms with van der Waals surface area (Å²) in [4.78, 5) is 16.7. The molecule has 1 heterocycles. The van der Waals surface area contributed by atoms with E-state index < -0.39 is 27.7 Å². The number of nitrogens with two attached hydrogens (primary N) is 1. The fourth-order valence-electron chi connectivity index (χ4n) is 3.94. The van der Waals surface area contributed by atoms with E-state index in [1.54, 1.807) is 13.8 Å². The molecule has 2 unspecified atom stereocenters. The van der Waals surface area contributed by atoms with Gasteiger partial charge < -0.3 is 15.5 Å². The van der Waals surface area contributed by atoms with Crippen LogP contribution in [0.3, 0.4) is 0 Å². The maximum Gasteiger partial charge on any atom is 0.354 e. The summed E-state index contributed by atoms with van der Waals surface area (Å²) in [6.45, 7) is 3.12. The molecule has 2 amide bonds. The summed E-state index contributed by atoms with van der Waals surface area (Å²) in [6.07, 6.45) is 4.78. The third-order valence-electron chi connectivity index (χ3n) is 5.32. The van der Waals surface area contributed by atoms with Gasteiger partial charge in [-0.05, 0) is 68.2 Å². The normalized spacial score (nSPS) is 20.1. The molecule has 1 aromatic heterocycles. The molecule has 0 spiro atoms. The molecule has 0 saturated heterocycles. The van der Waals surface area contributed by atoms with Crippen LogP contribution >= 0.6 is 11.3 Å². The lowest BCUT2D eigenvalue weighted by molar-refractivity contribution is 0.0783. The number of aliphatic hydroxyl groups is 2. The van der Waals surface area contributed by atoms with Gasteiger partial charge in [-0.1, -0.05) is 6.07 Å². The van der Waals surface area contributed by atoms with Gasteiger partial charge in [-0.2, -0.15) is 0 Å². The van der Waals surface area contributed by atoms with E-state index >= 15 is 0 Å². The van der Waals surface area contributed by atoms with Crippen LogP contribution < -0.4 is 10.5 Å². The minimum absolute atomic E-state index is 0.128. The molecule has 5 N–H and O–H groups in total. The molecule has 156 valence electrons. The van der Waals surface area contributed by atoms with Crippen molar-refractivity contribution in [3.63, 3.8) is 0 Å². The van der Waals surface area contributed by atoms with E-state index in [1.807, 2.05) is 6.07 Å². The molecule has 29 heavy (non-hydrogen) atoms. The SMILES string of the molecule is CC(C)(O)c1ncc(S(N)(=O)=NC(=O)Nc2c3c(cc4c2CCC4O)CCC3)s1. The van der Waals surface area contributed by atoms with Crippen LogP contribution in [0, 0.1) is 0 Å². The molecule has 2 aliphatic carbocycles. The second-order valence-corrected chi connectivity index (χ2v) is 11.0. The van der Waals surface area contributed by atoms with Gasteiger partial charge in [0, 0.05) is 5.69 Å². The number of hydrogen-bond acceptors (Lipinski definition) is 6. The number of rotatable bonds is 3. The number of anilines is 1. The first-order chi connectivity index (χ1) is 13.6. The standard InChI is InChI=1S/C19H24N4O4S2/c1-19(2,26)17-21-9-15(28-17)29(20,27)23-18(25)22-16-11-5-3-4-10(11)8-13-12(16)6-7-14(13)24/h8-9,14,24,26H,3-7H2,1-2H3,(H3,20,22,23,25,27). The van der Waals surface area contributed by atoms with Crippen LogP contribution in [-0.4, -0.2) is 25.4 Å². The number of hydrogen-bond donors (Lipinski definition) is 4. The van der Waals surface area contributed by atoms with E-state index in [9.17, 15) is 19.2 Å². The number of benzene rings is 1. The van der Waals surface area contributed by atoms with E-state index in [-0.39, 0.29) is 4.21 Å². The second kappa shape index (κ2) is 7.13. The highest BCUT2D eigenvalue weighted by molar-refractivity contribution is 7.93. The van der Waals surface area contributed by atoms with E-state index in [0.717, 1.165) is 52.9 Å². The van der Waals surface area contributed by atoms with Crippen LogP contribution in [0.1, 0.15) is 60.1 Å². The van der Waals surface area contributed by atoms with Gasteiger partial charge in [-0.15, -0.1) is 15.7 Å². The molecule has 0 aliphatic heterocycles. The molecule has 0 radical (unpaired) electrons. The van der Waals surface area contributed by atoms with Crippen molar-refractivity contribution in [2.24, 2.45) is 9.50 Å². The molecule has 0 saturated carbocycles. The fourth-order valence-corrected chi connectivity index (χ4v) is 6.01. The van der Waals surface area contributed by atoms with Gasteiger partial charge in [0.1, 0.15) is 14.8 Å². The number of urea groups is 1. The van der Waals surface area contributed by atoms with Crippen molar-refractivity contribution < 1.29 is 19.2 Å². The van der Waals surface area contributed by atoms with E-state index in [2.05, 4.69) is 14.7 Å². The molecule has 0 bridgehead atoms. The second-order valence-electron chi connectivity index (χ2n) is 8.00. The number of carbonyl (C=O) groups is 1. The van der Waals surface area contributed by atoms with Crippen molar-refractivity contribution in [3.8, 4) is 0 Å². The zero-order valence-corrected chi connectivity index (χ0v) is 17.9. The van der Waals surface area contributed by atoms with Gasteiger partial charge >= 0.3 is 6.03 Å². The summed E-state index contributed by atoms with van der Waals surface area (Å²) in [5, 5.41) is 29.2. The van der Waals surface area contributed by atoms with Gasteiger partial charge in [-0.3, -0.25) is 0 Å². The first-order valence-electron chi connectivity index (χ1n) is 9.46. The van der Waals surface area contributed by atoms with E-state index in [1.165, 1.54) is 6.20 Å². The third-order valence-corrected chi connectivity index (χ3v) is 8.51. The first kappa shape index (κ1) is 20.4. The predicted octanol–water partition coefficient (Wildman–Crippen LogP) is 2.77. The molecular weight excluding hydrogens is 412 g/mol. The lowest BCUT2D eigenvalue weighted by Gasteiger charge is -2.15. The molecular formula is C19H24N4O4S2. The number of amides is 2. The Balaban J connectivity index is 1.66. The van der Waals surface area contributed by atoms with Crippen LogP contribution in [0.2, 0.25) is 0 Å². The van der Waals surface area contributed by atoms with Crippen molar-refractivity contribution >= 4 is 33.0 Å². The third kappa shape index (κ3) is 3.82. The summed E-state index contributed by atoms with van der Waals surface area (Å²) < 4.78 is 16.7. The quantitative estimate of drug-likeness (QED) is 0.586. The Bertz CT molecular complexity index is 1110. The van der Waals surface area contributed by atoms with Crippen LogP contribution in [-0.2, 0) is 34.8 Å². The minimum Gasteiger partial charge on any atom is -0.388 e. The summed E-state index contributed by atoms with van der Waals surface area (Å²) in [6, 6.07) is 1.25. The number of fused-ring (bicyclic) bond motifs is 2. The fraction of sp³-hybridized carbons (Fsp3) is 0.474. The van der Waals surface area contributed by atoms with E-state index in [4.69, 9.17) is 5.14 Å². The Morgan fingerprint density at radius 2 is 2.14 bits per heavy atom. The van der Waals surface area contributed by atoms with Crippen LogP contribution in [0.15, 0.2) is 20.8 Å². The Kier molecular flexibility index (Phi) is 5.02. The van der Waals surface area contributed by atoms with Gasteiger partial charge in [0.2, 0.25) is 0 Å². The van der Waals surface area contributed by atoms with Crippen LogP contribution in [0.25, 0.3) is 0 Å². The van der Waals surface area contributed by atoms with Crippen LogP contribution in [0.5, 0.6) is 0 Å². The van der Waals surface area contributed by atoms with E-state index in [0.29, 0.717) is 23.5 Å². The highest BCUT2D eigenvalue weighted by atomic mass is 32.2. The van der Waals surface area contributed by atoms with Gasteiger partial charge in [0.25, 0.3) is 0 Å². The molecule has 2 atom stereocenters. The monoisotopic (exact) mass is 436 g/mol. The van der Waals surface area contributed by atoms with Crippen molar-refractivity contribution in [1.29, 1.82) is 0 Å². The largest absolute Gasteiger partial charge is 0.388 e. The Labute approximate surface area is 173 Å². The van der Waals surface area contributed by atoms with Gasteiger partial charge in [0.15, 0.2) is 9.92 Å². The Morgan fingerprint density at radius 3 is 2.83 bits per heavy atom. The molecule has 2 aliphatic rings. The molecule has 4 rings (SSSR count). The van der Waals surface area contributed by atoms with Crippen molar-refractivity contribution in [2.75, 3.05) is 5.32 Å². The minimum atomic E-state index is -3.50. The smallest absolute Gasteiger partial charge is 0.354 e. The number of aryl methyl sites for hydroxylation is 1. The molecule has 1 aromatic carbocycles. The number of nitrogens with one attached hydrogen (secondary N) is 1. The maximum atomic E-state index is 12.8. The zero-order chi connectivity index (χ0) is 21.0. The molecule has 10 heteroatoms. The van der Waals surface area contributed by atoms with Crippen molar-refractivity contribution in [2.45, 2.75) is 61.9 Å². The highest BCUT2D eigenvalue weighted by Crippen LogP contribution is 2.42. The lowest BCUT2D eigenvalue weighted by atomic mass is 9.98. The predicted molar refractivity (Wildman–Crippen MR) is 111 cm³/mol. The van der Waals surface area contributed by atoms with Gasteiger partial charge in [0.05, 0.1) is 12.3 Å². The summed E-state index contributed by atoms with van der Waals surface area (Å²) in [5.74, 6) is 0. The summed E-state index contributed by atoms with van der Waals surface area (Å²) in [5.41, 5.74) is 3.45. The topological polar surface area (TPSA) is 138 Å². The summed E-state index contributed by atoms with van der Waals surface area (Å²) in [7, 11) is -3.50.